The first-order chi connectivity index (χ1) is 10.2. The van der Waals surface area contributed by atoms with E-state index in [1.54, 1.807) is 6.07 Å². The van der Waals surface area contributed by atoms with Gasteiger partial charge in [-0.25, -0.2) is 4.79 Å². The van der Waals surface area contributed by atoms with Crippen LogP contribution >= 0.6 is 0 Å². The van der Waals surface area contributed by atoms with Crippen molar-refractivity contribution in [3.8, 4) is 0 Å². The maximum Gasteiger partial charge on any atom is 0.337 e. The molecule has 114 valence electrons. The molecule has 2 rings (SSSR count). The predicted molar refractivity (Wildman–Crippen MR) is 81.5 cm³/mol. The molecule has 0 spiro atoms. The number of carbonyl (C=O) groups excluding carboxylic acids is 2. The molecule has 5 nitrogen and oxygen atoms in total. The van der Waals surface area contributed by atoms with Crippen LogP contribution < -0.4 is 4.90 Å². The van der Waals surface area contributed by atoms with E-state index in [9.17, 15) is 9.59 Å². The zero-order valence-corrected chi connectivity index (χ0v) is 12.7. The molecule has 0 bridgehead atoms. The van der Waals surface area contributed by atoms with Gasteiger partial charge < -0.3 is 14.5 Å². The van der Waals surface area contributed by atoms with Crippen molar-refractivity contribution in [3.63, 3.8) is 0 Å². The number of methoxy groups -OCH3 is 1. The van der Waals surface area contributed by atoms with Gasteiger partial charge in [-0.2, -0.15) is 0 Å². The smallest absolute Gasteiger partial charge is 0.337 e. The summed E-state index contributed by atoms with van der Waals surface area (Å²) in [4.78, 5) is 27.6. The molecule has 0 radical (unpaired) electrons. The standard InChI is InChI=1S/C16H22N2O3/c1-3-5-15(19)18-10-8-17(9-11-18)14-7-4-6-13(12-14)16(20)21-2/h4,6-7,12H,3,5,8-11H2,1-2H3. The molecular weight excluding hydrogens is 268 g/mol. The summed E-state index contributed by atoms with van der Waals surface area (Å²) in [6.45, 7) is 5.08. The van der Waals surface area contributed by atoms with Crippen LogP contribution in [0.5, 0.6) is 0 Å². The zero-order chi connectivity index (χ0) is 15.2. The van der Waals surface area contributed by atoms with Crippen molar-refractivity contribution in [1.82, 2.24) is 4.90 Å². The highest BCUT2D eigenvalue weighted by Gasteiger charge is 2.21. The van der Waals surface area contributed by atoms with Crippen LogP contribution in [0.4, 0.5) is 5.69 Å². The van der Waals surface area contributed by atoms with Gasteiger partial charge in [0, 0.05) is 38.3 Å². The predicted octanol–water partition coefficient (Wildman–Crippen LogP) is 1.92. The van der Waals surface area contributed by atoms with Gasteiger partial charge in [0.25, 0.3) is 0 Å². The molecule has 0 unspecified atom stereocenters. The summed E-state index contributed by atoms with van der Waals surface area (Å²) in [5.41, 5.74) is 1.56. The molecule has 1 aliphatic heterocycles. The normalized spacial score (nSPS) is 15.0. The van der Waals surface area contributed by atoms with Crippen LogP contribution in [-0.4, -0.2) is 50.1 Å². The van der Waals surface area contributed by atoms with Gasteiger partial charge in [-0.3, -0.25) is 4.79 Å². The third-order valence-electron chi connectivity index (χ3n) is 3.73. The second kappa shape index (κ2) is 7.11. The van der Waals surface area contributed by atoms with E-state index in [1.165, 1.54) is 7.11 Å². The fourth-order valence-corrected chi connectivity index (χ4v) is 2.53. The number of nitrogens with zero attached hydrogens (tertiary/aromatic N) is 2. The van der Waals surface area contributed by atoms with E-state index in [2.05, 4.69) is 4.90 Å². The minimum Gasteiger partial charge on any atom is -0.465 e. The highest BCUT2D eigenvalue weighted by molar-refractivity contribution is 5.90. The molecule has 0 atom stereocenters. The van der Waals surface area contributed by atoms with Crippen molar-refractivity contribution in [2.24, 2.45) is 0 Å². The number of ether oxygens (including phenoxy) is 1. The summed E-state index contributed by atoms with van der Waals surface area (Å²) in [6.07, 6.45) is 1.51. The topological polar surface area (TPSA) is 49.9 Å². The quantitative estimate of drug-likeness (QED) is 0.795. The summed E-state index contributed by atoms with van der Waals surface area (Å²) >= 11 is 0. The summed E-state index contributed by atoms with van der Waals surface area (Å²) in [5.74, 6) is -0.0888. The third-order valence-corrected chi connectivity index (χ3v) is 3.73. The number of amides is 1. The molecule has 0 saturated carbocycles. The fourth-order valence-electron chi connectivity index (χ4n) is 2.53. The number of esters is 1. The lowest BCUT2D eigenvalue weighted by atomic mass is 10.1. The molecule has 1 heterocycles. The third kappa shape index (κ3) is 3.74. The van der Waals surface area contributed by atoms with Gasteiger partial charge in [0.2, 0.25) is 5.91 Å². The van der Waals surface area contributed by atoms with Gasteiger partial charge >= 0.3 is 5.97 Å². The van der Waals surface area contributed by atoms with Crippen molar-refractivity contribution in [3.05, 3.63) is 29.8 Å². The van der Waals surface area contributed by atoms with Crippen molar-refractivity contribution in [1.29, 1.82) is 0 Å². The Morgan fingerprint density at radius 3 is 2.52 bits per heavy atom. The number of piperazine rings is 1. The molecule has 1 fully saturated rings. The fraction of sp³-hybridized carbons (Fsp3) is 0.500. The van der Waals surface area contributed by atoms with Gasteiger partial charge in [0.1, 0.15) is 0 Å². The van der Waals surface area contributed by atoms with Crippen molar-refractivity contribution in [2.75, 3.05) is 38.2 Å². The number of hydrogen-bond donors (Lipinski definition) is 0. The van der Waals surface area contributed by atoms with Crippen LogP contribution in [0.25, 0.3) is 0 Å². The van der Waals surface area contributed by atoms with Gasteiger partial charge in [-0.15, -0.1) is 0 Å². The monoisotopic (exact) mass is 290 g/mol. The van der Waals surface area contributed by atoms with Gasteiger partial charge in [-0.1, -0.05) is 13.0 Å². The summed E-state index contributed by atoms with van der Waals surface area (Å²) in [6, 6.07) is 7.43. The van der Waals surface area contributed by atoms with E-state index in [4.69, 9.17) is 4.74 Å². The van der Waals surface area contributed by atoms with Crippen LogP contribution in [0.1, 0.15) is 30.1 Å². The van der Waals surface area contributed by atoms with Crippen LogP contribution in [0.15, 0.2) is 24.3 Å². The number of benzene rings is 1. The molecular formula is C16H22N2O3. The van der Waals surface area contributed by atoms with E-state index in [1.807, 2.05) is 30.0 Å². The SMILES string of the molecule is CCCC(=O)N1CCN(c2cccc(C(=O)OC)c2)CC1. The van der Waals surface area contributed by atoms with Crippen LogP contribution in [-0.2, 0) is 9.53 Å². The zero-order valence-electron chi connectivity index (χ0n) is 12.7. The average Bonchev–Trinajstić information content (AvgIpc) is 2.54. The Morgan fingerprint density at radius 1 is 1.19 bits per heavy atom. The first kappa shape index (κ1) is 15.4. The first-order valence-electron chi connectivity index (χ1n) is 7.36. The molecule has 1 saturated heterocycles. The second-order valence-corrected chi connectivity index (χ2v) is 5.16. The molecule has 1 aliphatic rings. The van der Waals surface area contributed by atoms with Crippen LogP contribution in [0.3, 0.4) is 0 Å². The number of hydrogen-bond acceptors (Lipinski definition) is 4. The van der Waals surface area contributed by atoms with Crippen molar-refractivity contribution in [2.45, 2.75) is 19.8 Å². The molecule has 0 aliphatic carbocycles. The van der Waals surface area contributed by atoms with E-state index in [0.29, 0.717) is 12.0 Å². The molecule has 21 heavy (non-hydrogen) atoms. The lowest BCUT2D eigenvalue weighted by Crippen LogP contribution is -2.48. The molecule has 1 aromatic rings. The van der Waals surface area contributed by atoms with Crippen LogP contribution in [0.2, 0.25) is 0 Å². The van der Waals surface area contributed by atoms with Crippen molar-refractivity contribution >= 4 is 17.6 Å². The number of rotatable bonds is 4. The highest BCUT2D eigenvalue weighted by atomic mass is 16.5. The molecule has 0 aromatic heterocycles. The van der Waals surface area contributed by atoms with Gasteiger partial charge in [-0.05, 0) is 24.6 Å². The minimum absolute atomic E-state index is 0.237. The molecule has 1 amide bonds. The Balaban J connectivity index is 1.99. The van der Waals surface area contributed by atoms with E-state index in [-0.39, 0.29) is 11.9 Å². The number of carbonyl (C=O) groups is 2. The maximum atomic E-state index is 11.9. The van der Waals surface area contributed by atoms with Gasteiger partial charge in [0.05, 0.1) is 12.7 Å². The molecule has 1 aromatic carbocycles. The average molecular weight is 290 g/mol. The Labute approximate surface area is 125 Å². The summed E-state index contributed by atoms with van der Waals surface area (Å²) in [7, 11) is 1.38. The largest absolute Gasteiger partial charge is 0.465 e. The lowest BCUT2D eigenvalue weighted by molar-refractivity contribution is -0.131. The highest BCUT2D eigenvalue weighted by Crippen LogP contribution is 2.19. The Hall–Kier alpha value is -2.04. The van der Waals surface area contributed by atoms with Crippen molar-refractivity contribution < 1.29 is 14.3 Å². The Kier molecular flexibility index (Phi) is 5.20. The minimum atomic E-state index is -0.325. The Bertz CT molecular complexity index is 508. The molecule has 0 N–H and O–H groups in total. The molecule has 5 heteroatoms. The van der Waals surface area contributed by atoms with E-state index >= 15 is 0 Å². The second-order valence-electron chi connectivity index (χ2n) is 5.16. The lowest BCUT2D eigenvalue weighted by Gasteiger charge is -2.36. The number of anilines is 1. The summed E-state index contributed by atoms with van der Waals surface area (Å²) < 4.78 is 4.74. The van der Waals surface area contributed by atoms with E-state index in [0.717, 1.165) is 38.3 Å². The van der Waals surface area contributed by atoms with Gasteiger partial charge in [0.15, 0.2) is 0 Å². The van der Waals surface area contributed by atoms with Crippen LogP contribution in [0, 0.1) is 0 Å². The summed E-state index contributed by atoms with van der Waals surface area (Å²) in [5, 5.41) is 0. The first-order valence-corrected chi connectivity index (χ1v) is 7.36. The van der Waals surface area contributed by atoms with E-state index < -0.39 is 0 Å². The maximum absolute atomic E-state index is 11.9. The Morgan fingerprint density at radius 2 is 1.90 bits per heavy atom.